The maximum absolute atomic E-state index is 12.9. The minimum atomic E-state index is -0.964. The number of aliphatic carboxylic acids is 1. The fourth-order valence-corrected chi connectivity index (χ4v) is 3.18. The molecule has 2 aromatic rings. The number of anilines is 1. The number of carboxylic acids is 1. The van der Waals surface area contributed by atoms with E-state index in [2.05, 4.69) is 5.32 Å². The normalized spacial score (nSPS) is 19.1. The number of carboxylic acid groups (broad SMARTS) is 1. The quantitative estimate of drug-likeness (QED) is 0.805. The van der Waals surface area contributed by atoms with Crippen molar-refractivity contribution in [2.45, 2.75) is 25.0 Å². The second-order valence-corrected chi connectivity index (χ2v) is 6.31. The minimum Gasteiger partial charge on any atom is -0.481 e. The molecule has 2 atom stereocenters. The number of benzene rings is 1. The number of hydrogen-bond donors (Lipinski definition) is 2. The van der Waals surface area contributed by atoms with Crippen molar-refractivity contribution in [1.29, 1.82) is 0 Å². The van der Waals surface area contributed by atoms with Gasteiger partial charge in [-0.25, -0.2) is 0 Å². The number of carbonyl (C=O) groups excluding carboxylic acids is 2. The number of amides is 2. The lowest BCUT2D eigenvalue weighted by molar-refractivity contribution is -0.138. The molecule has 0 bridgehead atoms. The average molecular weight is 372 g/mol. The zero-order valence-corrected chi connectivity index (χ0v) is 14.8. The van der Waals surface area contributed by atoms with Crippen LogP contribution >= 0.6 is 0 Å². The first kappa shape index (κ1) is 18.7. The summed E-state index contributed by atoms with van der Waals surface area (Å²) in [7, 11) is 1.54. The van der Waals surface area contributed by atoms with Gasteiger partial charge in [0.25, 0.3) is 11.8 Å². The Labute approximate surface area is 155 Å². The van der Waals surface area contributed by atoms with E-state index < -0.39 is 17.9 Å². The first-order chi connectivity index (χ1) is 13.0. The fraction of sp³-hybridized carbons (Fsp3) is 0.316. The zero-order chi connectivity index (χ0) is 19.4. The van der Waals surface area contributed by atoms with Crippen LogP contribution in [0.2, 0.25) is 0 Å². The number of ether oxygens (including phenoxy) is 1. The Morgan fingerprint density at radius 3 is 2.78 bits per heavy atom. The Morgan fingerprint density at radius 1 is 1.30 bits per heavy atom. The van der Waals surface area contributed by atoms with Crippen molar-refractivity contribution < 1.29 is 28.6 Å². The third-order valence-electron chi connectivity index (χ3n) is 4.49. The van der Waals surface area contributed by atoms with Gasteiger partial charge in [-0.2, -0.15) is 0 Å². The van der Waals surface area contributed by atoms with E-state index in [0.29, 0.717) is 24.2 Å². The molecule has 2 N–H and O–H groups in total. The van der Waals surface area contributed by atoms with Gasteiger partial charge in [0.15, 0.2) is 5.76 Å². The number of nitrogens with one attached hydrogen (secondary N) is 1. The maximum Gasteiger partial charge on any atom is 0.305 e. The van der Waals surface area contributed by atoms with Gasteiger partial charge in [0.05, 0.1) is 18.8 Å². The van der Waals surface area contributed by atoms with E-state index in [4.69, 9.17) is 14.3 Å². The third-order valence-corrected chi connectivity index (χ3v) is 4.49. The SMILES string of the molecule is COC1CC(CC(=O)O)N(C(=O)c2cccc(NC(=O)c3ccco3)c2)C1. The molecule has 1 saturated heterocycles. The van der Waals surface area contributed by atoms with Crippen LogP contribution in [-0.2, 0) is 9.53 Å². The van der Waals surface area contributed by atoms with E-state index in [1.807, 2.05) is 0 Å². The molecule has 3 rings (SSSR count). The van der Waals surface area contributed by atoms with Crippen molar-refractivity contribution >= 4 is 23.5 Å². The summed E-state index contributed by atoms with van der Waals surface area (Å²) in [6.45, 7) is 0.330. The van der Waals surface area contributed by atoms with Crippen molar-refractivity contribution in [3.05, 3.63) is 54.0 Å². The third kappa shape index (κ3) is 4.35. The number of nitrogens with zero attached hydrogens (tertiary/aromatic N) is 1. The van der Waals surface area contributed by atoms with Crippen molar-refractivity contribution in [1.82, 2.24) is 4.90 Å². The highest BCUT2D eigenvalue weighted by molar-refractivity contribution is 6.03. The predicted molar refractivity (Wildman–Crippen MR) is 95.6 cm³/mol. The molecule has 0 saturated carbocycles. The highest BCUT2D eigenvalue weighted by Gasteiger charge is 2.37. The van der Waals surface area contributed by atoms with Gasteiger partial charge < -0.3 is 24.5 Å². The summed E-state index contributed by atoms with van der Waals surface area (Å²) in [6.07, 6.45) is 1.54. The van der Waals surface area contributed by atoms with Crippen LogP contribution in [-0.4, -0.2) is 53.6 Å². The standard InChI is InChI=1S/C19H20N2O6/c1-26-15-9-14(10-17(22)23)21(11-15)19(25)12-4-2-5-13(8-12)20-18(24)16-6-3-7-27-16/h2-8,14-15H,9-11H2,1H3,(H,20,24)(H,22,23). The van der Waals surface area contributed by atoms with Gasteiger partial charge in [-0.3, -0.25) is 14.4 Å². The molecule has 8 nitrogen and oxygen atoms in total. The lowest BCUT2D eigenvalue weighted by atomic mass is 10.1. The average Bonchev–Trinajstić information content (AvgIpc) is 3.30. The minimum absolute atomic E-state index is 0.138. The van der Waals surface area contributed by atoms with Gasteiger partial charge in [-0.15, -0.1) is 0 Å². The van der Waals surface area contributed by atoms with Gasteiger partial charge >= 0.3 is 5.97 Å². The molecule has 142 valence electrons. The van der Waals surface area contributed by atoms with E-state index >= 15 is 0 Å². The summed E-state index contributed by atoms with van der Waals surface area (Å²) in [5, 5.41) is 11.8. The van der Waals surface area contributed by atoms with Crippen LogP contribution in [0.1, 0.15) is 33.8 Å². The molecule has 0 radical (unpaired) electrons. The summed E-state index contributed by atoms with van der Waals surface area (Å²) >= 11 is 0. The molecular formula is C19H20N2O6. The smallest absolute Gasteiger partial charge is 0.305 e. The molecule has 1 aliphatic rings. The van der Waals surface area contributed by atoms with Crippen molar-refractivity contribution in [3.63, 3.8) is 0 Å². The largest absolute Gasteiger partial charge is 0.481 e. The lowest BCUT2D eigenvalue weighted by Gasteiger charge is -2.23. The molecule has 2 unspecified atom stereocenters. The monoisotopic (exact) mass is 372 g/mol. The summed E-state index contributed by atoms with van der Waals surface area (Å²) in [5.41, 5.74) is 0.805. The molecule has 1 fully saturated rings. The van der Waals surface area contributed by atoms with E-state index in [-0.39, 0.29) is 24.2 Å². The highest BCUT2D eigenvalue weighted by Crippen LogP contribution is 2.25. The van der Waals surface area contributed by atoms with Crippen LogP contribution in [0.4, 0.5) is 5.69 Å². The number of hydrogen-bond acceptors (Lipinski definition) is 5. The van der Waals surface area contributed by atoms with E-state index in [9.17, 15) is 14.4 Å². The topological polar surface area (TPSA) is 109 Å². The summed E-state index contributed by atoms with van der Waals surface area (Å²) in [6, 6.07) is 9.22. The number of furan rings is 1. The number of methoxy groups -OCH3 is 1. The van der Waals surface area contributed by atoms with E-state index in [1.54, 1.807) is 37.4 Å². The van der Waals surface area contributed by atoms with E-state index in [0.717, 1.165) is 0 Å². The van der Waals surface area contributed by atoms with Crippen molar-refractivity contribution in [2.24, 2.45) is 0 Å². The Bertz CT molecular complexity index is 832. The Kier molecular flexibility index (Phi) is 5.56. The second-order valence-electron chi connectivity index (χ2n) is 6.31. The van der Waals surface area contributed by atoms with Crippen LogP contribution in [0.3, 0.4) is 0 Å². The van der Waals surface area contributed by atoms with Crippen molar-refractivity contribution in [2.75, 3.05) is 19.0 Å². The first-order valence-electron chi connectivity index (χ1n) is 8.48. The van der Waals surface area contributed by atoms with Crippen LogP contribution < -0.4 is 5.32 Å². The first-order valence-corrected chi connectivity index (χ1v) is 8.48. The molecule has 1 aromatic heterocycles. The summed E-state index contributed by atoms with van der Waals surface area (Å²) in [5.74, 6) is -1.52. The van der Waals surface area contributed by atoms with Crippen LogP contribution in [0.15, 0.2) is 47.1 Å². The van der Waals surface area contributed by atoms with Gasteiger partial charge in [0.2, 0.25) is 0 Å². The number of rotatable bonds is 6. The molecule has 2 heterocycles. The summed E-state index contributed by atoms with van der Waals surface area (Å²) in [4.78, 5) is 37.6. The molecule has 0 spiro atoms. The zero-order valence-electron chi connectivity index (χ0n) is 14.8. The number of carbonyl (C=O) groups is 3. The van der Waals surface area contributed by atoms with Gasteiger partial charge in [0, 0.05) is 30.9 Å². The van der Waals surface area contributed by atoms with Gasteiger partial charge in [0.1, 0.15) is 0 Å². The van der Waals surface area contributed by atoms with Gasteiger partial charge in [-0.05, 0) is 36.8 Å². The second kappa shape index (κ2) is 8.05. The van der Waals surface area contributed by atoms with E-state index in [1.165, 1.54) is 17.2 Å². The maximum atomic E-state index is 12.9. The van der Waals surface area contributed by atoms with Crippen LogP contribution in [0.5, 0.6) is 0 Å². The number of likely N-dealkylation sites (tertiary alicyclic amines) is 1. The molecule has 1 aliphatic heterocycles. The summed E-state index contributed by atoms with van der Waals surface area (Å²) < 4.78 is 10.3. The predicted octanol–water partition coefficient (Wildman–Crippen LogP) is 2.24. The fourth-order valence-electron chi connectivity index (χ4n) is 3.18. The van der Waals surface area contributed by atoms with Crippen LogP contribution in [0, 0.1) is 0 Å². The Hall–Kier alpha value is -3.13. The molecule has 2 amide bonds. The van der Waals surface area contributed by atoms with Crippen molar-refractivity contribution in [3.8, 4) is 0 Å². The Morgan fingerprint density at radius 2 is 2.11 bits per heavy atom. The van der Waals surface area contributed by atoms with Gasteiger partial charge in [-0.1, -0.05) is 6.07 Å². The lowest BCUT2D eigenvalue weighted by Crippen LogP contribution is -2.37. The van der Waals surface area contributed by atoms with Crippen LogP contribution in [0.25, 0.3) is 0 Å². The Balaban J connectivity index is 1.76. The molecule has 1 aromatic carbocycles. The molecule has 8 heteroatoms. The molecule has 0 aliphatic carbocycles. The molecular weight excluding hydrogens is 352 g/mol. The highest BCUT2D eigenvalue weighted by atomic mass is 16.5. The molecule has 27 heavy (non-hydrogen) atoms.